The fourth-order valence-electron chi connectivity index (χ4n) is 1.22. The lowest BCUT2D eigenvalue weighted by Crippen LogP contribution is -2.02. The van der Waals surface area contributed by atoms with Gasteiger partial charge in [0.05, 0.1) is 0 Å². The summed E-state index contributed by atoms with van der Waals surface area (Å²) in [6, 6.07) is 8.21. The van der Waals surface area contributed by atoms with Crippen LogP contribution in [0.3, 0.4) is 0 Å². The third kappa shape index (κ3) is 3.73. The third-order valence-electron chi connectivity index (χ3n) is 1.77. The first-order chi connectivity index (χ1) is 6.22. The number of thiol groups is 1. The average molecular weight is 196 g/mol. The summed E-state index contributed by atoms with van der Waals surface area (Å²) in [5, 5.41) is 0. The molecule has 1 aromatic carbocycles. The Kier molecular flexibility index (Phi) is 4.16. The van der Waals surface area contributed by atoms with E-state index in [1.807, 2.05) is 19.1 Å². The molecule has 0 N–H and O–H groups in total. The van der Waals surface area contributed by atoms with Crippen molar-refractivity contribution in [3.05, 3.63) is 29.8 Å². The number of hydrogen-bond acceptors (Lipinski definition) is 2. The van der Waals surface area contributed by atoms with Gasteiger partial charge in [0.15, 0.2) is 0 Å². The van der Waals surface area contributed by atoms with Gasteiger partial charge in [0.2, 0.25) is 0 Å². The van der Waals surface area contributed by atoms with Crippen molar-refractivity contribution in [2.24, 2.45) is 0 Å². The lowest BCUT2D eigenvalue weighted by atomic mass is 10.1. The molecule has 1 nitrogen and oxygen atoms in total. The molecular formula is C11H16OS. The number of ether oxygens (including phenoxy) is 1. The van der Waals surface area contributed by atoms with Crippen molar-refractivity contribution in [1.29, 1.82) is 0 Å². The van der Waals surface area contributed by atoms with Gasteiger partial charge in [0, 0.05) is 0 Å². The maximum atomic E-state index is 5.41. The molecule has 1 aromatic rings. The largest absolute Gasteiger partial charge is 0.480 e. The van der Waals surface area contributed by atoms with Gasteiger partial charge in [0.1, 0.15) is 11.2 Å². The van der Waals surface area contributed by atoms with Crippen molar-refractivity contribution in [2.45, 2.75) is 32.1 Å². The van der Waals surface area contributed by atoms with Crippen molar-refractivity contribution < 1.29 is 4.74 Å². The first-order valence-corrected chi connectivity index (χ1v) is 5.17. The van der Waals surface area contributed by atoms with Crippen molar-refractivity contribution >= 4 is 12.6 Å². The van der Waals surface area contributed by atoms with Crippen LogP contribution in [0.25, 0.3) is 0 Å². The molecule has 0 saturated heterocycles. The molecule has 1 rings (SSSR count). The summed E-state index contributed by atoms with van der Waals surface area (Å²) in [4.78, 5) is 0. The second-order valence-corrected chi connectivity index (χ2v) is 3.84. The highest BCUT2D eigenvalue weighted by Gasteiger charge is 1.97. The summed E-state index contributed by atoms with van der Waals surface area (Å²) in [6.45, 7) is 4.09. The zero-order valence-corrected chi connectivity index (χ0v) is 9.05. The maximum absolute atomic E-state index is 5.41. The number of benzene rings is 1. The smallest absolute Gasteiger partial charge is 0.138 e. The molecule has 0 aliphatic heterocycles. The maximum Gasteiger partial charge on any atom is 0.138 e. The molecule has 0 fully saturated rings. The Labute approximate surface area is 85.5 Å². The fourth-order valence-corrected chi connectivity index (χ4v) is 1.34. The van der Waals surface area contributed by atoms with Gasteiger partial charge in [-0.2, -0.15) is 0 Å². The van der Waals surface area contributed by atoms with Crippen molar-refractivity contribution in [3.8, 4) is 5.75 Å². The Morgan fingerprint density at radius 1 is 1.31 bits per heavy atom. The third-order valence-corrected chi connectivity index (χ3v) is 1.87. The van der Waals surface area contributed by atoms with E-state index < -0.39 is 0 Å². The number of rotatable bonds is 4. The van der Waals surface area contributed by atoms with Gasteiger partial charge in [-0.15, -0.1) is 12.6 Å². The molecule has 13 heavy (non-hydrogen) atoms. The predicted octanol–water partition coefficient (Wildman–Crippen LogP) is 3.29. The van der Waals surface area contributed by atoms with Crippen molar-refractivity contribution in [1.82, 2.24) is 0 Å². The minimum Gasteiger partial charge on any atom is -0.480 e. The minimum atomic E-state index is -0.0444. The first-order valence-electron chi connectivity index (χ1n) is 4.66. The van der Waals surface area contributed by atoms with Crippen LogP contribution < -0.4 is 4.74 Å². The standard InChI is InChI=1S/C11H16OS/c1-3-4-10-5-7-11(8-6-10)12-9(2)13/h5-9,13H,3-4H2,1-2H3. The Bertz CT molecular complexity index is 241. The van der Waals surface area contributed by atoms with Gasteiger partial charge in [-0.05, 0) is 31.0 Å². The van der Waals surface area contributed by atoms with Gasteiger partial charge in [-0.25, -0.2) is 0 Å². The van der Waals surface area contributed by atoms with E-state index in [9.17, 15) is 0 Å². The molecule has 0 bridgehead atoms. The molecule has 0 heterocycles. The van der Waals surface area contributed by atoms with Gasteiger partial charge in [-0.3, -0.25) is 0 Å². The van der Waals surface area contributed by atoms with E-state index in [-0.39, 0.29) is 5.44 Å². The molecule has 2 heteroatoms. The molecule has 0 amide bonds. The molecule has 0 aromatic heterocycles. The lowest BCUT2D eigenvalue weighted by molar-refractivity contribution is 0.310. The van der Waals surface area contributed by atoms with E-state index in [0.717, 1.165) is 12.2 Å². The summed E-state index contributed by atoms with van der Waals surface area (Å²) >= 11 is 4.15. The highest BCUT2D eigenvalue weighted by Crippen LogP contribution is 2.15. The van der Waals surface area contributed by atoms with E-state index in [1.165, 1.54) is 12.0 Å². The van der Waals surface area contributed by atoms with Crippen LogP contribution in [0.2, 0.25) is 0 Å². The average Bonchev–Trinajstić information content (AvgIpc) is 2.08. The second kappa shape index (κ2) is 5.18. The number of aryl methyl sites for hydroxylation is 1. The summed E-state index contributed by atoms with van der Waals surface area (Å²) in [5.41, 5.74) is 1.32. The van der Waals surface area contributed by atoms with Gasteiger partial charge in [0.25, 0.3) is 0 Å². The van der Waals surface area contributed by atoms with Crippen LogP contribution in [-0.4, -0.2) is 5.44 Å². The van der Waals surface area contributed by atoms with Crippen LogP contribution in [0, 0.1) is 0 Å². The van der Waals surface area contributed by atoms with Gasteiger partial charge >= 0.3 is 0 Å². The first kappa shape index (κ1) is 10.5. The number of hydrogen-bond donors (Lipinski definition) is 1. The predicted molar refractivity (Wildman–Crippen MR) is 59.5 cm³/mol. The highest BCUT2D eigenvalue weighted by molar-refractivity contribution is 7.80. The minimum absolute atomic E-state index is 0.0444. The lowest BCUT2D eigenvalue weighted by Gasteiger charge is -2.08. The summed E-state index contributed by atoms with van der Waals surface area (Å²) in [7, 11) is 0. The molecule has 0 aliphatic rings. The Morgan fingerprint density at radius 2 is 1.92 bits per heavy atom. The van der Waals surface area contributed by atoms with Crippen molar-refractivity contribution in [2.75, 3.05) is 0 Å². The zero-order valence-electron chi connectivity index (χ0n) is 8.16. The Hall–Kier alpha value is -0.630. The quantitative estimate of drug-likeness (QED) is 0.574. The van der Waals surface area contributed by atoms with Crippen LogP contribution in [0.15, 0.2) is 24.3 Å². The highest BCUT2D eigenvalue weighted by atomic mass is 32.1. The fraction of sp³-hybridized carbons (Fsp3) is 0.455. The molecule has 0 radical (unpaired) electrons. The van der Waals surface area contributed by atoms with Crippen LogP contribution in [-0.2, 0) is 6.42 Å². The zero-order chi connectivity index (χ0) is 9.68. The van der Waals surface area contributed by atoms with E-state index >= 15 is 0 Å². The molecule has 1 unspecified atom stereocenters. The van der Waals surface area contributed by atoms with E-state index in [2.05, 4.69) is 31.7 Å². The van der Waals surface area contributed by atoms with Crippen LogP contribution in [0.5, 0.6) is 5.75 Å². The van der Waals surface area contributed by atoms with E-state index in [0.29, 0.717) is 0 Å². The normalized spacial score (nSPS) is 12.5. The van der Waals surface area contributed by atoms with Gasteiger partial charge < -0.3 is 4.74 Å². The topological polar surface area (TPSA) is 9.23 Å². The molecule has 0 saturated carbocycles. The summed E-state index contributed by atoms with van der Waals surface area (Å²) < 4.78 is 5.41. The summed E-state index contributed by atoms with van der Waals surface area (Å²) in [6.07, 6.45) is 2.32. The molecule has 1 atom stereocenters. The monoisotopic (exact) mass is 196 g/mol. The Morgan fingerprint density at radius 3 is 2.38 bits per heavy atom. The van der Waals surface area contributed by atoms with Crippen molar-refractivity contribution in [3.63, 3.8) is 0 Å². The summed E-state index contributed by atoms with van der Waals surface area (Å²) in [5.74, 6) is 0.891. The van der Waals surface area contributed by atoms with Gasteiger partial charge in [-0.1, -0.05) is 25.5 Å². The van der Waals surface area contributed by atoms with E-state index in [4.69, 9.17) is 4.74 Å². The van der Waals surface area contributed by atoms with Crippen LogP contribution >= 0.6 is 12.6 Å². The molecule has 72 valence electrons. The van der Waals surface area contributed by atoms with Crippen LogP contribution in [0.1, 0.15) is 25.8 Å². The van der Waals surface area contributed by atoms with E-state index in [1.54, 1.807) is 0 Å². The molecule has 0 spiro atoms. The molecular weight excluding hydrogens is 180 g/mol. The Balaban J connectivity index is 2.59. The SMILES string of the molecule is CCCc1ccc(OC(C)S)cc1. The molecule has 0 aliphatic carbocycles. The second-order valence-electron chi connectivity index (χ2n) is 3.11. The van der Waals surface area contributed by atoms with Crippen LogP contribution in [0.4, 0.5) is 0 Å².